The van der Waals surface area contributed by atoms with E-state index in [0.29, 0.717) is 32.8 Å². The van der Waals surface area contributed by atoms with Gasteiger partial charge in [-0.25, -0.2) is 14.8 Å². The number of hydrogen-bond acceptors (Lipinski definition) is 8. The Balaban J connectivity index is 1.41. The molecule has 0 bridgehead atoms. The first-order valence-electron chi connectivity index (χ1n) is 11.5. The summed E-state index contributed by atoms with van der Waals surface area (Å²) in [7, 11) is 0. The molecule has 1 saturated heterocycles. The molecule has 1 amide bonds. The van der Waals surface area contributed by atoms with Crippen molar-refractivity contribution in [3.8, 4) is 0 Å². The predicted molar refractivity (Wildman–Crippen MR) is 126 cm³/mol. The minimum Gasteiger partial charge on any atom is -0.444 e. The van der Waals surface area contributed by atoms with E-state index in [9.17, 15) is 14.9 Å². The van der Waals surface area contributed by atoms with Crippen molar-refractivity contribution >= 4 is 17.6 Å². The highest BCUT2D eigenvalue weighted by Crippen LogP contribution is 2.45. The van der Waals surface area contributed by atoms with Crippen molar-refractivity contribution in [1.29, 1.82) is 0 Å². The number of piperazine rings is 1. The number of nitrogens with zero attached hydrogens (tertiary/aromatic N) is 5. The number of nitro benzene ring substituents is 1. The van der Waals surface area contributed by atoms with Gasteiger partial charge in [-0.15, -0.1) is 0 Å². The fraction of sp³-hybridized carbons (Fsp3) is 0.542. The normalized spacial score (nSPS) is 20.2. The smallest absolute Gasteiger partial charge is 0.410 e. The van der Waals surface area contributed by atoms with Crippen LogP contribution in [0.2, 0.25) is 0 Å². The summed E-state index contributed by atoms with van der Waals surface area (Å²) in [5.74, 6) is 1.14. The number of carbonyl (C=O) groups excluding carboxylic acids is 1. The fourth-order valence-electron chi connectivity index (χ4n) is 4.42. The zero-order valence-electron chi connectivity index (χ0n) is 20.1. The summed E-state index contributed by atoms with van der Waals surface area (Å²) in [6, 6.07) is 6.40. The number of fused-ring (bicyclic) bond motifs is 1. The van der Waals surface area contributed by atoms with Crippen LogP contribution in [0, 0.1) is 10.1 Å². The largest absolute Gasteiger partial charge is 0.444 e. The maximum Gasteiger partial charge on any atom is 0.410 e. The van der Waals surface area contributed by atoms with Crippen molar-refractivity contribution in [2.24, 2.45) is 0 Å². The average molecular weight is 470 g/mol. The summed E-state index contributed by atoms with van der Waals surface area (Å²) in [6.07, 6.45) is 1.93. The molecule has 2 heterocycles. The molecule has 0 radical (unpaired) electrons. The van der Waals surface area contributed by atoms with E-state index in [4.69, 9.17) is 9.47 Å². The first-order chi connectivity index (χ1) is 16.1. The van der Waals surface area contributed by atoms with Gasteiger partial charge < -0.3 is 19.3 Å². The van der Waals surface area contributed by atoms with E-state index in [1.54, 1.807) is 23.4 Å². The summed E-state index contributed by atoms with van der Waals surface area (Å²) >= 11 is 0. The number of benzene rings is 1. The number of nitro groups is 1. The van der Waals surface area contributed by atoms with E-state index < -0.39 is 10.5 Å². The van der Waals surface area contributed by atoms with Gasteiger partial charge in [-0.05, 0) is 50.8 Å². The number of carbonyl (C=O) groups is 1. The third-order valence-electron chi connectivity index (χ3n) is 6.09. The van der Waals surface area contributed by atoms with Crippen LogP contribution in [0.1, 0.15) is 63.0 Å². The minimum atomic E-state index is -0.513. The Hall–Kier alpha value is -3.27. The second-order valence-corrected chi connectivity index (χ2v) is 9.81. The van der Waals surface area contributed by atoms with Crippen molar-refractivity contribution in [2.75, 3.05) is 31.1 Å². The van der Waals surface area contributed by atoms with E-state index in [1.165, 1.54) is 12.1 Å². The van der Waals surface area contributed by atoms with E-state index >= 15 is 0 Å². The topological polar surface area (TPSA) is 111 Å². The van der Waals surface area contributed by atoms with E-state index in [0.717, 1.165) is 29.1 Å². The van der Waals surface area contributed by atoms with Gasteiger partial charge in [0.2, 0.25) is 0 Å². The maximum absolute atomic E-state index is 12.4. The van der Waals surface area contributed by atoms with Gasteiger partial charge in [0.25, 0.3) is 5.69 Å². The highest BCUT2D eigenvalue weighted by atomic mass is 16.6. The molecular formula is C24H31N5O5. The Bertz CT molecular complexity index is 1040. The maximum atomic E-state index is 12.4. The standard InChI is InChI=1S/C24H31N5O5/c1-16-13-19(33-14-17-5-7-18(8-6-17)29(31)32)21-20(16)22(26-15-25-21)27-9-11-28(12-10-27)23(30)34-24(2,3)4/h5-8,15-16,19H,9-14H2,1-4H3/t16-,19+/m1/s1. The lowest BCUT2D eigenvalue weighted by molar-refractivity contribution is -0.384. The number of non-ortho nitro benzene ring substituents is 1. The number of aromatic nitrogens is 2. The van der Waals surface area contributed by atoms with Gasteiger partial charge in [-0.1, -0.05) is 6.92 Å². The molecule has 0 N–H and O–H groups in total. The zero-order valence-corrected chi connectivity index (χ0v) is 20.1. The van der Waals surface area contributed by atoms with Crippen molar-refractivity contribution in [2.45, 2.75) is 58.3 Å². The number of hydrogen-bond donors (Lipinski definition) is 0. The highest BCUT2D eigenvalue weighted by Gasteiger charge is 2.36. The summed E-state index contributed by atoms with van der Waals surface area (Å²) in [6.45, 7) is 10.6. The molecule has 34 heavy (non-hydrogen) atoms. The van der Waals surface area contributed by atoms with Gasteiger partial charge in [0.15, 0.2) is 0 Å². The number of ether oxygens (including phenoxy) is 2. The molecule has 2 aliphatic rings. The average Bonchev–Trinajstić information content (AvgIpc) is 3.12. The van der Waals surface area contributed by atoms with E-state index in [1.807, 2.05) is 20.8 Å². The minimum absolute atomic E-state index is 0.0627. The van der Waals surface area contributed by atoms with Crippen LogP contribution < -0.4 is 4.90 Å². The highest BCUT2D eigenvalue weighted by molar-refractivity contribution is 5.68. The first-order valence-corrected chi connectivity index (χ1v) is 11.5. The van der Waals surface area contributed by atoms with Crippen LogP contribution in [0.4, 0.5) is 16.3 Å². The van der Waals surface area contributed by atoms with E-state index in [-0.39, 0.29) is 23.8 Å². The fourth-order valence-corrected chi connectivity index (χ4v) is 4.42. The molecule has 1 aliphatic carbocycles. The zero-order chi connectivity index (χ0) is 24.5. The lowest BCUT2D eigenvalue weighted by Gasteiger charge is -2.37. The molecule has 1 aromatic carbocycles. The molecular weight excluding hydrogens is 438 g/mol. The van der Waals surface area contributed by atoms with Crippen molar-refractivity contribution in [1.82, 2.24) is 14.9 Å². The number of amides is 1. The monoisotopic (exact) mass is 469 g/mol. The predicted octanol–water partition coefficient (Wildman–Crippen LogP) is 4.21. The van der Waals surface area contributed by atoms with Crippen LogP contribution in [0.5, 0.6) is 0 Å². The molecule has 182 valence electrons. The van der Waals surface area contributed by atoms with Crippen LogP contribution in [0.3, 0.4) is 0 Å². The summed E-state index contributed by atoms with van der Waals surface area (Å²) < 4.78 is 11.7. The van der Waals surface area contributed by atoms with Crippen LogP contribution in [-0.2, 0) is 16.1 Å². The molecule has 0 unspecified atom stereocenters. The van der Waals surface area contributed by atoms with E-state index in [2.05, 4.69) is 21.8 Å². The molecule has 1 aliphatic heterocycles. The molecule has 10 nitrogen and oxygen atoms in total. The summed E-state index contributed by atoms with van der Waals surface area (Å²) in [4.78, 5) is 35.9. The third kappa shape index (κ3) is 5.27. The lowest BCUT2D eigenvalue weighted by atomic mass is 10.1. The van der Waals surface area contributed by atoms with Crippen LogP contribution in [0.25, 0.3) is 0 Å². The lowest BCUT2D eigenvalue weighted by Crippen LogP contribution is -2.50. The van der Waals surface area contributed by atoms with Gasteiger partial charge in [0.05, 0.1) is 17.2 Å². The summed E-state index contributed by atoms with van der Waals surface area (Å²) in [5, 5.41) is 10.9. The van der Waals surface area contributed by atoms with Crippen LogP contribution >= 0.6 is 0 Å². The number of anilines is 1. The molecule has 2 atom stereocenters. The Morgan fingerprint density at radius 2 is 1.82 bits per heavy atom. The molecule has 0 saturated carbocycles. The number of rotatable bonds is 5. The first kappa shape index (κ1) is 23.9. The van der Waals surface area contributed by atoms with Crippen molar-refractivity contribution in [3.63, 3.8) is 0 Å². The Morgan fingerprint density at radius 1 is 1.15 bits per heavy atom. The van der Waals surface area contributed by atoms with Crippen molar-refractivity contribution in [3.05, 3.63) is 57.5 Å². The molecule has 0 spiro atoms. The van der Waals surface area contributed by atoms with Gasteiger partial charge in [-0.3, -0.25) is 10.1 Å². The summed E-state index contributed by atoms with van der Waals surface area (Å²) in [5.41, 5.74) is 2.42. The second kappa shape index (κ2) is 9.54. The molecule has 1 aromatic heterocycles. The van der Waals surface area contributed by atoms with Gasteiger partial charge in [0.1, 0.15) is 23.9 Å². The third-order valence-corrected chi connectivity index (χ3v) is 6.09. The molecule has 10 heteroatoms. The molecule has 4 rings (SSSR count). The van der Waals surface area contributed by atoms with Gasteiger partial charge in [0, 0.05) is 43.9 Å². The van der Waals surface area contributed by atoms with Gasteiger partial charge >= 0.3 is 6.09 Å². The second-order valence-electron chi connectivity index (χ2n) is 9.81. The van der Waals surface area contributed by atoms with Crippen LogP contribution in [-0.4, -0.2) is 57.7 Å². The Morgan fingerprint density at radius 3 is 2.44 bits per heavy atom. The molecule has 1 fully saturated rings. The quantitative estimate of drug-likeness (QED) is 0.473. The van der Waals surface area contributed by atoms with Gasteiger partial charge in [-0.2, -0.15) is 0 Å². The SMILES string of the molecule is C[C@@H]1C[C@H](OCc2ccc([N+](=O)[O-])cc2)c2ncnc(N3CCN(C(=O)OC(C)(C)C)CC3)c21. The Kier molecular flexibility index (Phi) is 6.70. The molecule has 2 aromatic rings. The van der Waals surface area contributed by atoms with Crippen LogP contribution in [0.15, 0.2) is 30.6 Å². The Labute approximate surface area is 199 Å². The van der Waals surface area contributed by atoms with Crippen molar-refractivity contribution < 1.29 is 19.2 Å².